The van der Waals surface area contributed by atoms with E-state index >= 15 is 0 Å². The van der Waals surface area contributed by atoms with E-state index in [1.165, 1.54) is 17.7 Å². The minimum absolute atomic E-state index is 0. The second-order valence-corrected chi connectivity index (χ2v) is 6.20. The second-order valence-electron chi connectivity index (χ2n) is 6.20. The Morgan fingerprint density at radius 3 is 2.46 bits per heavy atom. The molecule has 0 spiro atoms. The molecule has 2 N–H and O–H groups in total. The van der Waals surface area contributed by atoms with Gasteiger partial charge in [-0.2, -0.15) is 13.2 Å². The summed E-state index contributed by atoms with van der Waals surface area (Å²) >= 11 is 0. The monoisotopic (exact) mass is 384 g/mol. The standard InChI is InChI=1S/C19H19F3N2O.ClH/c20-19(21,22)16-5-1-3-14(11-16)18(25)24-17-8-6-13(7-9-17)15-4-2-10-23-12-15;/h1,3,5-9,11,15,23H,2,4,10,12H2,(H,24,25);1H/t15-;/m0./s1. The number of anilines is 1. The topological polar surface area (TPSA) is 41.1 Å². The van der Waals surface area contributed by atoms with Crippen LogP contribution in [0.4, 0.5) is 18.9 Å². The van der Waals surface area contributed by atoms with Crippen LogP contribution in [-0.4, -0.2) is 19.0 Å². The number of nitrogens with one attached hydrogen (secondary N) is 2. The van der Waals surface area contributed by atoms with Crippen LogP contribution in [0.2, 0.25) is 0 Å². The summed E-state index contributed by atoms with van der Waals surface area (Å²) in [5, 5.41) is 6.00. The van der Waals surface area contributed by atoms with E-state index in [1.807, 2.05) is 12.1 Å². The number of hydrogen-bond acceptors (Lipinski definition) is 2. The van der Waals surface area contributed by atoms with Gasteiger partial charge in [-0.15, -0.1) is 12.4 Å². The van der Waals surface area contributed by atoms with Crippen LogP contribution in [0.5, 0.6) is 0 Å². The van der Waals surface area contributed by atoms with E-state index in [0.29, 0.717) is 11.6 Å². The first-order valence-electron chi connectivity index (χ1n) is 8.23. The molecule has 1 saturated heterocycles. The van der Waals surface area contributed by atoms with Crippen LogP contribution < -0.4 is 10.6 Å². The summed E-state index contributed by atoms with van der Waals surface area (Å²) in [5.74, 6) is -0.0971. The largest absolute Gasteiger partial charge is 0.416 e. The second kappa shape index (κ2) is 8.56. The molecule has 1 aliphatic rings. The fourth-order valence-electron chi connectivity index (χ4n) is 3.01. The summed E-state index contributed by atoms with van der Waals surface area (Å²) in [6, 6.07) is 11.9. The number of rotatable bonds is 3. The first kappa shape index (κ1) is 20.3. The normalized spacial score (nSPS) is 17.3. The van der Waals surface area contributed by atoms with Gasteiger partial charge in [-0.25, -0.2) is 0 Å². The van der Waals surface area contributed by atoms with Gasteiger partial charge >= 0.3 is 6.18 Å². The van der Waals surface area contributed by atoms with Crippen LogP contribution in [-0.2, 0) is 6.18 Å². The number of hydrogen-bond donors (Lipinski definition) is 2. The van der Waals surface area contributed by atoms with E-state index in [1.54, 1.807) is 12.1 Å². The molecule has 7 heteroatoms. The van der Waals surface area contributed by atoms with E-state index in [0.717, 1.165) is 38.1 Å². The van der Waals surface area contributed by atoms with Crippen LogP contribution in [0.3, 0.4) is 0 Å². The van der Waals surface area contributed by atoms with Gasteiger partial charge in [0.25, 0.3) is 5.91 Å². The third-order valence-corrected chi connectivity index (χ3v) is 4.39. The Morgan fingerprint density at radius 2 is 1.85 bits per heavy atom. The number of carbonyl (C=O) groups is 1. The number of alkyl halides is 3. The molecular weight excluding hydrogens is 365 g/mol. The molecule has 1 aliphatic heterocycles. The Labute approximate surface area is 156 Å². The van der Waals surface area contributed by atoms with Gasteiger partial charge in [0.1, 0.15) is 0 Å². The summed E-state index contributed by atoms with van der Waals surface area (Å²) < 4.78 is 38.2. The SMILES string of the molecule is Cl.O=C(Nc1ccc([C@H]2CCCNC2)cc1)c1cccc(C(F)(F)F)c1. The highest BCUT2D eigenvalue weighted by atomic mass is 35.5. The molecule has 2 aromatic rings. The Kier molecular flexibility index (Phi) is 6.67. The minimum atomic E-state index is -4.47. The van der Waals surface area contributed by atoms with Gasteiger partial charge in [-0.1, -0.05) is 18.2 Å². The molecule has 0 saturated carbocycles. The van der Waals surface area contributed by atoms with Crippen molar-refractivity contribution >= 4 is 24.0 Å². The molecule has 0 aromatic heterocycles. The first-order valence-corrected chi connectivity index (χ1v) is 8.23. The summed E-state index contributed by atoms with van der Waals surface area (Å²) in [6.45, 7) is 1.98. The lowest BCUT2D eigenvalue weighted by atomic mass is 9.91. The van der Waals surface area contributed by atoms with E-state index in [-0.39, 0.29) is 18.0 Å². The quantitative estimate of drug-likeness (QED) is 0.794. The molecule has 1 fully saturated rings. The molecule has 1 atom stereocenters. The summed E-state index contributed by atoms with van der Waals surface area (Å²) in [7, 11) is 0. The lowest BCUT2D eigenvalue weighted by Crippen LogP contribution is -2.28. The number of halogens is 4. The Morgan fingerprint density at radius 1 is 1.12 bits per heavy atom. The summed E-state index contributed by atoms with van der Waals surface area (Å²) in [6.07, 6.45) is -2.20. The molecule has 3 nitrogen and oxygen atoms in total. The van der Waals surface area contributed by atoms with Gasteiger partial charge in [0.15, 0.2) is 0 Å². The van der Waals surface area contributed by atoms with Gasteiger partial charge in [0.2, 0.25) is 0 Å². The minimum Gasteiger partial charge on any atom is -0.322 e. The van der Waals surface area contributed by atoms with Crippen LogP contribution in [0, 0.1) is 0 Å². The number of benzene rings is 2. The van der Waals surface area contributed by atoms with Crippen molar-refractivity contribution in [1.82, 2.24) is 5.32 Å². The fraction of sp³-hybridized carbons (Fsp3) is 0.316. The summed E-state index contributed by atoms with van der Waals surface area (Å²) in [5.41, 5.74) is 0.912. The van der Waals surface area contributed by atoms with Gasteiger partial charge < -0.3 is 10.6 Å². The molecule has 3 rings (SSSR count). The van der Waals surface area contributed by atoms with E-state index < -0.39 is 17.6 Å². The lowest BCUT2D eigenvalue weighted by Gasteiger charge is -2.23. The molecular formula is C19H20ClF3N2O. The number of carbonyl (C=O) groups excluding carboxylic acids is 1. The summed E-state index contributed by atoms with van der Waals surface area (Å²) in [4.78, 5) is 12.2. The van der Waals surface area contributed by atoms with Gasteiger partial charge in [-0.3, -0.25) is 4.79 Å². The number of amides is 1. The maximum atomic E-state index is 12.7. The highest BCUT2D eigenvalue weighted by Gasteiger charge is 2.30. The zero-order valence-electron chi connectivity index (χ0n) is 14.0. The van der Waals surface area contributed by atoms with Gasteiger partial charge in [0.05, 0.1) is 5.56 Å². The molecule has 0 unspecified atom stereocenters. The zero-order chi connectivity index (χ0) is 17.9. The predicted molar refractivity (Wildman–Crippen MR) is 97.9 cm³/mol. The molecule has 26 heavy (non-hydrogen) atoms. The predicted octanol–water partition coefficient (Wildman–Crippen LogP) is 4.85. The van der Waals surface area contributed by atoms with Crippen molar-refractivity contribution in [2.75, 3.05) is 18.4 Å². The Balaban J connectivity index is 0.00000243. The van der Waals surface area contributed by atoms with Gasteiger partial charge in [-0.05, 0) is 61.2 Å². The maximum Gasteiger partial charge on any atom is 0.416 e. The fourth-order valence-corrected chi connectivity index (χ4v) is 3.01. The average Bonchev–Trinajstić information content (AvgIpc) is 2.62. The highest BCUT2D eigenvalue weighted by molar-refractivity contribution is 6.04. The average molecular weight is 385 g/mol. The van der Waals surface area contributed by atoms with Crippen LogP contribution >= 0.6 is 12.4 Å². The molecule has 140 valence electrons. The van der Waals surface area contributed by atoms with Crippen LogP contribution in [0.25, 0.3) is 0 Å². The van der Waals surface area contributed by atoms with Crippen molar-refractivity contribution in [3.63, 3.8) is 0 Å². The van der Waals surface area contributed by atoms with Crippen molar-refractivity contribution in [2.45, 2.75) is 24.9 Å². The number of piperidine rings is 1. The third kappa shape index (κ3) is 4.99. The molecule has 1 amide bonds. The lowest BCUT2D eigenvalue weighted by molar-refractivity contribution is -0.137. The first-order chi connectivity index (χ1) is 11.9. The Hall–Kier alpha value is -2.05. The van der Waals surface area contributed by atoms with Crippen LogP contribution in [0.15, 0.2) is 48.5 Å². The molecule has 0 aliphatic carbocycles. The van der Waals surface area contributed by atoms with E-state index in [9.17, 15) is 18.0 Å². The molecule has 0 radical (unpaired) electrons. The Bertz CT molecular complexity index is 741. The molecule has 0 bridgehead atoms. The van der Waals surface area contributed by atoms with E-state index in [2.05, 4.69) is 10.6 Å². The van der Waals surface area contributed by atoms with Gasteiger partial charge in [0, 0.05) is 17.8 Å². The van der Waals surface area contributed by atoms with Crippen molar-refractivity contribution in [3.05, 3.63) is 65.2 Å². The van der Waals surface area contributed by atoms with Crippen molar-refractivity contribution < 1.29 is 18.0 Å². The zero-order valence-corrected chi connectivity index (χ0v) is 14.8. The van der Waals surface area contributed by atoms with Crippen molar-refractivity contribution in [3.8, 4) is 0 Å². The molecule has 1 heterocycles. The maximum absolute atomic E-state index is 12.7. The van der Waals surface area contributed by atoms with Crippen molar-refractivity contribution in [1.29, 1.82) is 0 Å². The van der Waals surface area contributed by atoms with Crippen molar-refractivity contribution in [2.24, 2.45) is 0 Å². The highest BCUT2D eigenvalue weighted by Crippen LogP contribution is 2.30. The van der Waals surface area contributed by atoms with Crippen LogP contribution in [0.1, 0.15) is 40.2 Å². The molecule has 2 aromatic carbocycles. The van der Waals surface area contributed by atoms with E-state index in [4.69, 9.17) is 0 Å². The third-order valence-electron chi connectivity index (χ3n) is 4.39. The smallest absolute Gasteiger partial charge is 0.322 e.